The predicted molar refractivity (Wildman–Crippen MR) is 278 cm³/mol. The molecule has 0 aliphatic carbocycles. The first-order valence-corrected chi connectivity index (χ1v) is 25.7. The first-order valence-electron chi connectivity index (χ1n) is 25.7. The molecule has 0 radical (unpaired) electrons. The van der Waals surface area contributed by atoms with Gasteiger partial charge in [-0.05, 0) is 107 Å². The maximum atomic E-state index is 6.53. The van der Waals surface area contributed by atoms with Crippen molar-refractivity contribution in [2.24, 2.45) is 23.7 Å². The normalized spacial score (nSPS) is 13.6. The van der Waals surface area contributed by atoms with E-state index in [0.717, 1.165) is 97.4 Å². The van der Waals surface area contributed by atoms with Crippen LogP contribution >= 0.6 is 0 Å². The van der Waals surface area contributed by atoms with Gasteiger partial charge in [-0.2, -0.15) is 0 Å². The van der Waals surface area contributed by atoms with Crippen molar-refractivity contribution in [2.45, 2.75) is 158 Å². The molecule has 0 N–H and O–H groups in total. The van der Waals surface area contributed by atoms with Crippen molar-refractivity contribution in [1.29, 1.82) is 0 Å². The Morgan fingerprint density at radius 2 is 0.594 bits per heavy atom. The summed E-state index contributed by atoms with van der Waals surface area (Å²) >= 11 is 0. The number of ether oxygens (including phenoxy) is 4. The van der Waals surface area contributed by atoms with E-state index in [9.17, 15) is 0 Å². The van der Waals surface area contributed by atoms with E-state index in [1.54, 1.807) is 0 Å². The van der Waals surface area contributed by atoms with E-state index >= 15 is 0 Å². The summed E-state index contributed by atoms with van der Waals surface area (Å²) in [5.74, 6) is 5.68. The number of benzene rings is 4. The van der Waals surface area contributed by atoms with E-state index in [4.69, 9.17) is 18.9 Å². The molecule has 0 saturated heterocycles. The van der Waals surface area contributed by atoms with Gasteiger partial charge in [0.25, 0.3) is 0 Å². The Labute approximate surface area is 391 Å². The first-order chi connectivity index (χ1) is 31.4. The van der Waals surface area contributed by atoms with Gasteiger partial charge in [0.15, 0.2) is 23.0 Å². The molecule has 0 heterocycles. The van der Waals surface area contributed by atoms with Crippen molar-refractivity contribution in [3.63, 3.8) is 0 Å². The molecule has 64 heavy (non-hydrogen) atoms. The number of rotatable bonds is 33. The van der Waals surface area contributed by atoms with Gasteiger partial charge in [-0.25, -0.2) is 0 Å². The zero-order valence-corrected chi connectivity index (χ0v) is 41.5. The van der Waals surface area contributed by atoms with Crippen LogP contribution in [0.15, 0.2) is 84.9 Å². The highest BCUT2D eigenvalue weighted by atomic mass is 16.5. The summed E-state index contributed by atoms with van der Waals surface area (Å²) in [5.41, 5.74) is 6.93. The summed E-state index contributed by atoms with van der Waals surface area (Å²) in [4.78, 5) is 0. The van der Waals surface area contributed by atoms with E-state index in [1.165, 1.54) is 88.2 Å². The molecular weight excluding hydrogens is 785 g/mol. The summed E-state index contributed by atoms with van der Waals surface area (Å²) in [6.45, 7) is 21.1. The van der Waals surface area contributed by atoms with Crippen molar-refractivity contribution in [2.75, 3.05) is 26.4 Å². The highest BCUT2D eigenvalue weighted by Gasteiger charge is 2.16. The van der Waals surface area contributed by atoms with E-state index in [2.05, 4.69) is 165 Å². The zero-order valence-electron chi connectivity index (χ0n) is 41.5. The molecule has 0 amide bonds. The number of hydrogen-bond donors (Lipinski definition) is 0. The van der Waals surface area contributed by atoms with Gasteiger partial charge < -0.3 is 18.9 Å². The van der Waals surface area contributed by atoms with E-state index in [0.29, 0.717) is 23.7 Å². The maximum Gasteiger partial charge on any atom is 0.161 e. The van der Waals surface area contributed by atoms with Crippen molar-refractivity contribution in [3.8, 4) is 34.1 Å². The summed E-state index contributed by atoms with van der Waals surface area (Å²) in [7, 11) is 0. The van der Waals surface area contributed by atoms with Gasteiger partial charge in [-0.15, -0.1) is 0 Å². The Morgan fingerprint density at radius 3 is 0.875 bits per heavy atom. The van der Waals surface area contributed by atoms with Gasteiger partial charge in [0.05, 0.1) is 26.4 Å². The fraction of sp³-hybridized carbons (Fsp3) is 0.533. The molecule has 4 rings (SSSR count). The van der Waals surface area contributed by atoms with Crippen LogP contribution in [-0.4, -0.2) is 26.4 Å². The molecule has 4 unspecified atom stereocenters. The highest BCUT2D eigenvalue weighted by Crippen LogP contribution is 2.34. The summed E-state index contributed by atoms with van der Waals surface area (Å²) in [6.07, 6.45) is 27.9. The molecule has 0 spiro atoms. The zero-order chi connectivity index (χ0) is 45.8. The van der Waals surface area contributed by atoms with Crippen LogP contribution < -0.4 is 18.9 Å². The van der Waals surface area contributed by atoms with Crippen molar-refractivity contribution in [3.05, 3.63) is 107 Å². The topological polar surface area (TPSA) is 36.9 Å². The average molecular weight is 871 g/mol. The fourth-order valence-electron chi connectivity index (χ4n) is 8.10. The molecule has 0 saturated carbocycles. The lowest BCUT2D eigenvalue weighted by molar-refractivity contribution is 0.199. The Bertz CT molecular complexity index is 1750. The largest absolute Gasteiger partial charge is 0.489 e. The van der Waals surface area contributed by atoms with Gasteiger partial charge in [-0.1, -0.05) is 217 Å². The molecule has 0 bridgehead atoms. The SMILES string of the molecule is CCCCC(CC)COc1ccc(/C=C/c2ccc(-c3ccc(/C=C/c4ccc(OCC(CC)CCCC)c(OCC(CC)CCCC)c4)cc3)cc2)cc1OCC(CC)CCCC. The Balaban J connectivity index is 1.43. The molecular formula is C60H86O4. The molecule has 4 aromatic carbocycles. The predicted octanol–water partition coefficient (Wildman–Crippen LogP) is 18.1. The van der Waals surface area contributed by atoms with Crippen LogP contribution in [0, 0.1) is 23.7 Å². The minimum atomic E-state index is 0.557. The van der Waals surface area contributed by atoms with Gasteiger partial charge in [0.1, 0.15) is 0 Å². The third-order valence-electron chi connectivity index (χ3n) is 13.1. The third kappa shape index (κ3) is 18.6. The van der Waals surface area contributed by atoms with Crippen LogP contribution in [-0.2, 0) is 0 Å². The van der Waals surface area contributed by atoms with Gasteiger partial charge in [0, 0.05) is 0 Å². The quantitative estimate of drug-likeness (QED) is 0.0447. The van der Waals surface area contributed by atoms with Gasteiger partial charge in [0.2, 0.25) is 0 Å². The van der Waals surface area contributed by atoms with Crippen LogP contribution in [0.2, 0.25) is 0 Å². The van der Waals surface area contributed by atoms with E-state index < -0.39 is 0 Å². The molecule has 0 fully saturated rings. The Hall–Kier alpha value is -4.44. The van der Waals surface area contributed by atoms with Gasteiger partial charge in [-0.3, -0.25) is 0 Å². The molecule has 0 aromatic heterocycles. The first kappa shape index (κ1) is 52.2. The third-order valence-corrected chi connectivity index (χ3v) is 13.1. The standard InChI is InChI=1S/C60H86O4/c1-9-17-21-47(13-5)43-61-57-39-33-53(41-59(57)63-45-49(15-7)23-19-11-3)27-25-51-29-35-55(36-30-51)56-37-31-52(32-38-56)26-28-54-34-40-58(62-44-48(14-6)22-18-10-2)60(42-54)64-46-50(16-8)24-20-12-4/h25-42,47-50H,9-24,43-46H2,1-8H3/b27-25+,28-26+. The van der Waals surface area contributed by atoms with Crippen molar-refractivity contribution >= 4 is 24.3 Å². The lowest BCUT2D eigenvalue weighted by atomic mass is 10.0. The molecule has 4 heteroatoms. The lowest BCUT2D eigenvalue weighted by Crippen LogP contribution is -2.14. The molecule has 4 aromatic rings. The molecule has 350 valence electrons. The van der Waals surface area contributed by atoms with E-state index in [1.807, 2.05) is 0 Å². The molecule has 0 aliphatic rings. The average Bonchev–Trinajstić information content (AvgIpc) is 3.34. The highest BCUT2D eigenvalue weighted by molar-refractivity contribution is 5.75. The maximum absolute atomic E-state index is 6.53. The van der Waals surface area contributed by atoms with Crippen LogP contribution in [0.5, 0.6) is 23.0 Å². The van der Waals surface area contributed by atoms with Crippen LogP contribution in [0.4, 0.5) is 0 Å². The summed E-state index contributed by atoms with van der Waals surface area (Å²) in [6, 6.07) is 30.4. The molecule has 4 atom stereocenters. The van der Waals surface area contributed by atoms with Crippen LogP contribution in [0.3, 0.4) is 0 Å². The number of unbranched alkanes of at least 4 members (excludes halogenated alkanes) is 4. The lowest BCUT2D eigenvalue weighted by Gasteiger charge is -2.20. The second-order valence-corrected chi connectivity index (χ2v) is 18.2. The summed E-state index contributed by atoms with van der Waals surface area (Å²) < 4.78 is 26.0. The monoisotopic (exact) mass is 871 g/mol. The molecule has 0 aliphatic heterocycles. The Kier molecular flexibility index (Phi) is 25.0. The van der Waals surface area contributed by atoms with Crippen molar-refractivity contribution in [1.82, 2.24) is 0 Å². The fourth-order valence-corrected chi connectivity index (χ4v) is 8.10. The molecule has 4 nitrogen and oxygen atoms in total. The van der Waals surface area contributed by atoms with E-state index in [-0.39, 0.29) is 0 Å². The minimum absolute atomic E-state index is 0.557. The summed E-state index contributed by atoms with van der Waals surface area (Å²) in [5, 5.41) is 0. The number of hydrogen-bond acceptors (Lipinski definition) is 4. The van der Waals surface area contributed by atoms with Crippen molar-refractivity contribution < 1.29 is 18.9 Å². The smallest absolute Gasteiger partial charge is 0.161 e. The second kappa shape index (κ2) is 30.7. The second-order valence-electron chi connectivity index (χ2n) is 18.2. The Morgan fingerprint density at radius 1 is 0.328 bits per heavy atom. The van der Waals surface area contributed by atoms with Gasteiger partial charge >= 0.3 is 0 Å². The van der Waals surface area contributed by atoms with Crippen LogP contribution in [0.1, 0.15) is 180 Å². The minimum Gasteiger partial charge on any atom is -0.489 e. The van der Waals surface area contributed by atoms with Crippen LogP contribution in [0.25, 0.3) is 35.4 Å².